The molecule has 2 N–H and O–H groups in total. The van der Waals surface area contributed by atoms with E-state index < -0.39 is 0 Å². The Kier molecular flexibility index (Phi) is 3.61. The molecule has 5 nitrogen and oxygen atoms in total. The molecule has 0 aromatic carbocycles. The summed E-state index contributed by atoms with van der Waals surface area (Å²) in [7, 11) is 0. The molecule has 1 aliphatic rings. The van der Waals surface area contributed by atoms with Crippen molar-refractivity contribution in [2.45, 2.75) is 30.9 Å². The van der Waals surface area contributed by atoms with E-state index in [0.717, 1.165) is 13.1 Å². The van der Waals surface area contributed by atoms with E-state index in [0.29, 0.717) is 16.3 Å². The number of carbonyl (C=O) groups excluding carboxylic acids is 1. The summed E-state index contributed by atoms with van der Waals surface area (Å²) in [5, 5.41) is 5.04. The minimum atomic E-state index is 0.118. The van der Waals surface area contributed by atoms with Crippen LogP contribution in [-0.2, 0) is 11.3 Å². The van der Waals surface area contributed by atoms with E-state index in [1.165, 1.54) is 0 Å². The van der Waals surface area contributed by atoms with Gasteiger partial charge in [-0.1, -0.05) is 13.8 Å². The van der Waals surface area contributed by atoms with Crippen molar-refractivity contribution < 1.29 is 4.79 Å². The Balaban J connectivity index is 1.95. The number of nitrogens with two attached hydrogens (primary N) is 1. The Bertz CT molecular complexity index is 396. The van der Waals surface area contributed by atoms with Gasteiger partial charge in [0.25, 0.3) is 0 Å². The highest BCUT2D eigenvalue weighted by atomic mass is 32.2. The maximum absolute atomic E-state index is 12.1. The predicted octanol–water partition coefficient (Wildman–Crippen LogP) is 0.818. The van der Waals surface area contributed by atoms with Gasteiger partial charge in [0.2, 0.25) is 5.91 Å². The first-order valence-electron chi connectivity index (χ1n) is 5.77. The minimum absolute atomic E-state index is 0.118. The number of carbonyl (C=O) groups is 1. The summed E-state index contributed by atoms with van der Waals surface area (Å²) < 4.78 is 1.59. The molecule has 1 aliphatic heterocycles. The Morgan fingerprint density at radius 2 is 2.18 bits per heavy atom. The van der Waals surface area contributed by atoms with Gasteiger partial charge in [-0.2, -0.15) is 16.9 Å². The number of amides is 1. The van der Waals surface area contributed by atoms with E-state index in [2.05, 4.69) is 18.9 Å². The van der Waals surface area contributed by atoms with Crippen LogP contribution in [0.1, 0.15) is 13.8 Å². The van der Waals surface area contributed by atoms with Gasteiger partial charge in [0, 0.05) is 29.8 Å². The molecule has 0 saturated carbocycles. The summed E-state index contributed by atoms with van der Waals surface area (Å²) in [6, 6.07) is 1.70. The van der Waals surface area contributed by atoms with Crippen LogP contribution in [0.3, 0.4) is 0 Å². The van der Waals surface area contributed by atoms with E-state index >= 15 is 0 Å². The average Bonchev–Trinajstić information content (AvgIpc) is 2.62. The number of anilines is 1. The van der Waals surface area contributed by atoms with Crippen molar-refractivity contribution in [3.05, 3.63) is 12.3 Å². The lowest BCUT2D eigenvalue weighted by atomic mass is 10.3. The van der Waals surface area contributed by atoms with Gasteiger partial charge < -0.3 is 10.6 Å². The SMILES string of the molecule is CC1CN(C(=O)Cn2ccc(N)n2)CC(C)S1. The Morgan fingerprint density at radius 1 is 1.53 bits per heavy atom. The van der Waals surface area contributed by atoms with E-state index in [9.17, 15) is 4.79 Å². The summed E-state index contributed by atoms with van der Waals surface area (Å²) in [4.78, 5) is 14.0. The van der Waals surface area contributed by atoms with Gasteiger partial charge in [-0.05, 0) is 6.07 Å². The highest BCUT2D eigenvalue weighted by molar-refractivity contribution is 8.00. The van der Waals surface area contributed by atoms with Crippen LogP contribution < -0.4 is 5.73 Å². The van der Waals surface area contributed by atoms with Crippen LogP contribution >= 0.6 is 11.8 Å². The molecule has 0 spiro atoms. The molecule has 17 heavy (non-hydrogen) atoms. The maximum Gasteiger partial charge on any atom is 0.244 e. The van der Waals surface area contributed by atoms with E-state index in [4.69, 9.17) is 5.73 Å². The summed E-state index contributed by atoms with van der Waals surface area (Å²) >= 11 is 1.94. The largest absolute Gasteiger partial charge is 0.382 e. The lowest BCUT2D eigenvalue weighted by molar-refractivity contribution is -0.132. The van der Waals surface area contributed by atoms with Gasteiger partial charge in [0.15, 0.2) is 0 Å². The van der Waals surface area contributed by atoms with Crippen molar-refractivity contribution in [1.82, 2.24) is 14.7 Å². The molecule has 1 aromatic heterocycles. The summed E-state index contributed by atoms with van der Waals surface area (Å²) in [5.74, 6) is 0.570. The average molecular weight is 254 g/mol. The normalized spacial score (nSPS) is 24.9. The van der Waals surface area contributed by atoms with E-state index in [1.807, 2.05) is 16.7 Å². The molecular formula is C11H18N4OS. The van der Waals surface area contributed by atoms with Crippen molar-refractivity contribution in [2.75, 3.05) is 18.8 Å². The zero-order valence-electron chi connectivity index (χ0n) is 10.2. The van der Waals surface area contributed by atoms with Gasteiger partial charge in [0.1, 0.15) is 12.4 Å². The van der Waals surface area contributed by atoms with Gasteiger partial charge in [-0.15, -0.1) is 0 Å². The highest BCUT2D eigenvalue weighted by Gasteiger charge is 2.25. The fourth-order valence-corrected chi connectivity index (χ4v) is 3.41. The first-order valence-corrected chi connectivity index (χ1v) is 6.71. The van der Waals surface area contributed by atoms with Crippen molar-refractivity contribution in [1.29, 1.82) is 0 Å². The number of hydrogen-bond acceptors (Lipinski definition) is 4. The number of nitrogens with zero attached hydrogens (tertiary/aromatic N) is 3. The van der Waals surface area contributed by atoms with Gasteiger partial charge in [-0.25, -0.2) is 0 Å². The second kappa shape index (κ2) is 5.00. The van der Waals surface area contributed by atoms with E-state index in [-0.39, 0.29) is 12.5 Å². The van der Waals surface area contributed by atoms with Crippen molar-refractivity contribution in [3.8, 4) is 0 Å². The lowest BCUT2D eigenvalue weighted by Gasteiger charge is -2.34. The van der Waals surface area contributed by atoms with Crippen molar-refractivity contribution in [3.63, 3.8) is 0 Å². The van der Waals surface area contributed by atoms with Crippen molar-refractivity contribution in [2.24, 2.45) is 0 Å². The standard InChI is InChI=1S/C11H18N4OS/c1-8-5-14(6-9(2)17-8)11(16)7-15-4-3-10(12)13-15/h3-4,8-9H,5-7H2,1-2H3,(H2,12,13). The second-order valence-corrected chi connectivity index (χ2v) is 6.38. The molecule has 1 fully saturated rings. The second-order valence-electron chi connectivity index (χ2n) is 4.49. The third-order valence-corrected chi connectivity index (χ3v) is 3.96. The molecular weight excluding hydrogens is 236 g/mol. The Hall–Kier alpha value is -1.17. The zero-order chi connectivity index (χ0) is 12.4. The highest BCUT2D eigenvalue weighted by Crippen LogP contribution is 2.24. The van der Waals surface area contributed by atoms with Crippen LogP contribution in [0.2, 0.25) is 0 Å². The van der Waals surface area contributed by atoms with E-state index in [1.54, 1.807) is 16.9 Å². The molecule has 0 aliphatic carbocycles. The molecule has 2 heterocycles. The van der Waals surface area contributed by atoms with Gasteiger partial charge in [-0.3, -0.25) is 9.48 Å². The maximum atomic E-state index is 12.1. The third kappa shape index (κ3) is 3.15. The zero-order valence-corrected chi connectivity index (χ0v) is 11.0. The number of thioether (sulfide) groups is 1. The van der Waals surface area contributed by atoms with Crippen LogP contribution in [0.15, 0.2) is 12.3 Å². The van der Waals surface area contributed by atoms with Crippen LogP contribution in [0.4, 0.5) is 5.82 Å². The van der Waals surface area contributed by atoms with Crippen LogP contribution in [0.25, 0.3) is 0 Å². The topological polar surface area (TPSA) is 64.2 Å². The monoisotopic (exact) mass is 254 g/mol. The summed E-state index contributed by atoms with van der Waals surface area (Å²) in [6.45, 7) is 6.25. The van der Waals surface area contributed by atoms with Crippen LogP contribution in [0.5, 0.6) is 0 Å². The molecule has 2 atom stereocenters. The van der Waals surface area contributed by atoms with Crippen LogP contribution in [-0.4, -0.2) is 44.2 Å². The molecule has 2 rings (SSSR count). The number of hydrogen-bond donors (Lipinski definition) is 1. The molecule has 1 saturated heterocycles. The molecule has 2 unspecified atom stereocenters. The molecule has 6 heteroatoms. The fourth-order valence-electron chi connectivity index (χ4n) is 2.09. The minimum Gasteiger partial charge on any atom is -0.382 e. The molecule has 1 amide bonds. The summed E-state index contributed by atoms with van der Waals surface area (Å²) in [5.41, 5.74) is 5.52. The number of nitrogen functional groups attached to an aromatic ring is 1. The van der Waals surface area contributed by atoms with Gasteiger partial charge in [0.05, 0.1) is 0 Å². The van der Waals surface area contributed by atoms with Gasteiger partial charge >= 0.3 is 0 Å². The quantitative estimate of drug-likeness (QED) is 0.848. The molecule has 0 bridgehead atoms. The summed E-state index contributed by atoms with van der Waals surface area (Å²) in [6.07, 6.45) is 1.73. The smallest absolute Gasteiger partial charge is 0.244 e. The molecule has 94 valence electrons. The molecule has 0 radical (unpaired) electrons. The first-order chi connectivity index (χ1) is 8.04. The third-order valence-electron chi connectivity index (χ3n) is 2.73. The van der Waals surface area contributed by atoms with Crippen LogP contribution in [0, 0.1) is 0 Å². The lowest BCUT2D eigenvalue weighted by Crippen LogP contribution is -2.45. The Morgan fingerprint density at radius 3 is 2.71 bits per heavy atom. The molecule has 1 aromatic rings. The Labute approximate surface area is 105 Å². The fraction of sp³-hybridized carbons (Fsp3) is 0.636. The predicted molar refractivity (Wildman–Crippen MR) is 69.7 cm³/mol. The first kappa shape index (κ1) is 12.3. The number of aromatic nitrogens is 2. The van der Waals surface area contributed by atoms with Crippen molar-refractivity contribution >= 4 is 23.5 Å². The number of rotatable bonds is 2.